The van der Waals surface area contributed by atoms with Crippen molar-refractivity contribution in [3.05, 3.63) is 0 Å². The summed E-state index contributed by atoms with van der Waals surface area (Å²) in [6.07, 6.45) is 7.53. The van der Waals surface area contributed by atoms with E-state index < -0.39 is 0 Å². The first-order valence-electron chi connectivity index (χ1n) is 5.70. The van der Waals surface area contributed by atoms with Crippen molar-refractivity contribution in [1.82, 2.24) is 0 Å². The van der Waals surface area contributed by atoms with Crippen LogP contribution in [0.15, 0.2) is 0 Å². The lowest BCUT2D eigenvalue weighted by atomic mass is 9.94. The van der Waals surface area contributed by atoms with Gasteiger partial charge in [-0.3, -0.25) is 4.79 Å². The van der Waals surface area contributed by atoms with Crippen LogP contribution in [0.4, 0.5) is 0 Å². The third-order valence-electron chi connectivity index (χ3n) is 3.23. The third-order valence-corrected chi connectivity index (χ3v) is 3.23. The van der Waals surface area contributed by atoms with Crippen molar-refractivity contribution in [3.63, 3.8) is 0 Å². The molecule has 0 bridgehead atoms. The number of hydrogen-bond acceptors (Lipinski definition) is 2. The predicted octanol–water partition coefficient (Wildman–Crippen LogP) is 3.08. The van der Waals surface area contributed by atoms with Crippen LogP contribution in [-0.4, -0.2) is 5.78 Å². The zero-order valence-corrected chi connectivity index (χ0v) is 8.96. The van der Waals surface area contributed by atoms with Gasteiger partial charge in [0.05, 0.1) is 6.07 Å². The van der Waals surface area contributed by atoms with E-state index in [1.54, 1.807) is 0 Å². The van der Waals surface area contributed by atoms with Gasteiger partial charge in [0, 0.05) is 6.42 Å². The van der Waals surface area contributed by atoms with E-state index in [1.165, 1.54) is 25.7 Å². The van der Waals surface area contributed by atoms with Crippen molar-refractivity contribution in [1.29, 1.82) is 5.26 Å². The number of nitriles is 1. The molecule has 0 aromatic carbocycles. The SMILES string of the molecule is CCC(C#N)C(=O)CCC1CCCC1. The fourth-order valence-electron chi connectivity index (χ4n) is 2.21. The van der Waals surface area contributed by atoms with E-state index >= 15 is 0 Å². The molecular weight excluding hydrogens is 174 g/mol. The summed E-state index contributed by atoms with van der Waals surface area (Å²) in [5, 5.41) is 8.72. The van der Waals surface area contributed by atoms with Gasteiger partial charge in [-0.1, -0.05) is 32.6 Å². The Hall–Kier alpha value is -0.840. The molecule has 0 aromatic heterocycles. The molecule has 0 radical (unpaired) electrons. The summed E-state index contributed by atoms with van der Waals surface area (Å²) in [6, 6.07) is 2.08. The van der Waals surface area contributed by atoms with E-state index in [1.807, 2.05) is 6.92 Å². The van der Waals surface area contributed by atoms with Gasteiger partial charge in [0.25, 0.3) is 0 Å². The van der Waals surface area contributed by atoms with Crippen LogP contribution in [-0.2, 0) is 4.79 Å². The molecule has 14 heavy (non-hydrogen) atoms. The Balaban J connectivity index is 2.23. The molecule has 1 rings (SSSR count). The number of nitrogens with zero attached hydrogens (tertiary/aromatic N) is 1. The van der Waals surface area contributed by atoms with Crippen LogP contribution in [0.25, 0.3) is 0 Å². The number of carbonyl (C=O) groups is 1. The molecule has 0 saturated heterocycles. The maximum Gasteiger partial charge on any atom is 0.149 e. The van der Waals surface area contributed by atoms with Crippen LogP contribution in [0.1, 0.15) is 51.9 Å². The highest BCUT2D eigenvalue weighted by Gasteiger charge is 2.19. The second-order valence-electron chi connectivity index (χ2n) is 4.25. The first kappa shape index (κ1) is 11.2. The van der Waals surface area contributed by atoms with Gasteiger partial charge in [-0.2, -0.15) is 5.26 Å². The second-order valence-corrected chi connectivity index (χ2v) is 4.25. The average Bonchev–Trinajstić information content (AvgIpc) is 2.69. The Morgan fingerprint density at radius 2 is 2.14 bits per heavy atom. The molecule has 1 aliphatic carbocycles. The molecule has 1 atom stereocenters. The van der Waals surface area contributed by atoms with Crippen molar-refractivity contribution in [2.75, 3.05) is 0 Å². The Bertz CT molecular complexity index is 223. The van der Waals surface area contributed by atoms with Crippen LogP contribution in [0, 0.1) is 23.2 Å². The van der Waals surface area contributed by atoms with E-state index in [-0.39, 0.29) is 11.7 Å². The van der Waals surface area contributed by atoms with E-state index in [9.17, 15) is 4.79 Å². The largest absolute Gasteiger partial charge is 0.298 e. The number of hydrogen-bond donors (Lipinski definition) is 0. The van der Waals surface area contributed by atoms with Gasteiger partial charge >= 0.3 is 0 Å². The van der Waals surface area contributed by atoms with Crippen molar-refractivity contribution in [3.8, 4) is 6.07 Å². The normalized spacial score (nSPS) is 19.1. The molecule has 2 heteroatoms. The Labute approximate surface area is 86.3 Å². The first-order chi connectivity index (χ1) is 6.77. The topological polar surface area (TPSA) is 40.9 Å². The highest BCUT2D eigenvalue weighted by atomic mass is 16.1. The Kier molecular flexibility index (Phi) is 4.65. The van der Waals surface area contributed by atoms with Gasteiger partial charge in [0.1, 0.15) is 11.7 Å². The zero-order chi connectivity index (χ0) is 10.4. The quantitative estimate of drug-likeness (QED) is 0.673. The summed E-state index contributed by atoms with van der Waals surface area (Å²) in [7, 11) is 0. The molecule has 1 fully saturated rings. The minimum atomic E-state index is -0.351. The first-order valence-corrected chi connectivity index (χ1v) is 5.70. The molecule has 0 aromatic rings. The molecule has 1 unspecified atom stereocenters. The van der Waals surface area contributed by atoms with Crippen molar-refractivity contribution >= 4 is 5.78 Å². The second kappa shape index (κ2) is 5.80. The summed E-state index contributed by atoms with van der Waals surface area (Å²) in [5.74, 6) is 0.563. The summed E-state index contributed by atoms with van der Waals surface area (Å²) >= 11 is 0. The minimum absolute atomic E-state index is 0.155. The van der Waals surface area contributed by atoms with E-state index in [4.69, 9.17) is 5.26 Å². The lowest BCUT2D eigenvalue weighted by Crippen LogP contribution is -2.12. The van der Waals surface area contributed by atoms with Crippen LogP contribution in [0.5, 0.6) is 0 Å². The molecular formula is C12H19NO. The van der Waals surface area contributed by atoms with Gasteiger partial charge in [-0.25, -0.2) is 0 Å². The van der Waals surface area contributed by atoms with Crippen LogP contribution in [0.3, 0.4) is 0 Å². The number of carbonyl (C=O) groups excluding carboxylic acids is 1. The van der Waals surface area contributed by atoms with Crippen molar-refractivity contribution < 1.29 is 4.79 Å². The van der Waals surface area contributed by atoms with E-state index in [0.717, 1.165) is 12.3 Å². The summed E-state index contributed by atoms with van der Waals surface area (Å²) < 4.78 is 0. The summed E-state index contributed by atoms with van der Waals surface area (Å²) in [5.41, 5.74) is 0. The molecule has 0 aliphatic heterocycles. The monoisotopic (exact) mass is 193 g/mol. The lowest BCUT2D eigenvalue weighted by Gasteiger charge is -2.09. The molecule has 1 aliphatic rings. The van der Waals surface area contributed by atoms with Crippen LogP contribution < -0.4 is 0 Å². The van der Waals surface area contributed by atoms with Gasteiger partial charge in [0.15, 0.2) is 0 Å². The maximum absolute atomic E-state index is 11.5. The smallest absolute Gasteiger partial charge is 0.149 e. The molecule has 0 N–H and O–H groups in total. The summed E-state index contributed by atoms with van der Waals surface area (Å²) in [6.45, 7) is 1.90. The van der Waals surface area contributed by atoms with E-state index in [0.29, 0.717) is 12.8 Å². The number of rotatable bonds is 5. The molecule has 78 valence electrons. The maximum atomic E-state index is 11.5. The Morgan fingerprint density at radius 3 is 2.64 bits per heavy atom. The zero-order valence-electron chi connectivity index (χ0n) is 8.96. The fourth-order valence-corrected chi connectivity index (χ4v) is 2.21. The highest BCUT2D eigenvalue weighted by Crippen LogP contribution is 2.29. The average molecular weight is 193 g/mol. The van der Waals surface area contributed by atoms with E-state index in [2.05, 4.69) is 6.07 Å². The molecule has 0 heterocycles. The molecule has 2 nitrogen and oxygen atoms in total. The standard InChI is InChI=1S/C12H19NO/c1-2-11(9-13)12(14)8-7-10-5-3-4-6-10/h10-11H,2-8H2,1H3. The molecule has 1 saturated carbocycles. The third kappa shape index (κ3) is 3.14. The number of Topliss-reactive ketones (excluding diaryl/α,β-unsaturated/α-hetero) is 1. The molecule has 0 spiro atoms. The van der Waals surface area contributed by atoms with Gasteiger partial charge in [-0.05, 0) is 18.8 Å². The summed E-state index contributed by atoms with van der Waals surface area (Å²) in [4.78, 5) is 11.5. The van der Waals surface area contributed by atoms with Gasteiger partial charge in [0.2, 0.25) is 0 Å². The van der Waals surface area contributed by atoms with Crippen molar-refractivity contribution in [2.24, 2.45) is 11.8 Å². The Morgan fingerprint density at radius 1 is 1.50 bits per heavy atom. The highest BCUT2D eigenvalue weighted by molar-refractivity contribution is 5.83. The predicted molar refractivity (Wildman–Crippen MR) is 55.6 cm³/mol. The lowest BCUT2D eigenvalue weighted by molar-refractivity contribution is -0.121. The van der Waals surface area contributed by atoms with Crippen LogP contribution in [0.2, 0.25) is 0 Å². The van der Waals surface area contributed by atoms with Gasteiger partial charge < -0.3 is 0 Å². The van der Waals surface area contributed by atoms with Crippen molar-refractivity contribution in [2.45, 2.75) is 51.9 Å². The van der Waals surface area contributed by atoms with Crippen LogP contribution >= 0.6 is 0 Å². The fraction of sp³-hybridized carbons (Fsp3) is 0.833. The number of ketones is 1. The minimum Gasteiger partial charge on any atom is -0.298 e. The molecule has 0 amide bonds. The van der Waals surface area contributed by atoms with Gasteiger partial charge in [-0.15, -0.1) is 0 Å².